The largest absolute Gasteiger partial charge is 0.380 e. The molecule has 3 aromatic carbocycles. The van der Waals surface area contributed by atoms with E-state index in [1.807, 2.05) is 104 Å². The highest BCUT2D eigenvalue weighted by atomic mass is 35.5. The molecule has 1 fully saturated rings. The predicted octanol–water partition coefficient (Wildman–Crippen LogP) is 6.47. The molecule has 0 bridgehead atoms. The molecule has 1 unspecified atom stereocenters. The van der Waals surface area contributed by atoms with Gasteiger partial charge in [0.05, 0.1) is 56.4 Å². The molecule has 1 aliphatic heterocycles. The summed E-state index contributed by atoms with van der Waals surface area (Å²) in [7, 11) is 1.69. The summed E-state index contributed by atoms with van der Waals surface area (Å²) in [6, 6.07) is 25.3. The van der Waals surface area contributed by atoms with Crippen LogP contribution in [0, 0.1) is 10.8 Å². The molecule has 3 amide bonds. The summed E-state index contributed by atoms with van der Waals surface area (Å²) in [4.78, 5) is 48.7. The van der Waals surface area contributed by atoms with Gasteiger partial charge in [-0.05, 0) is 85.6 Å². The molecule has 1 saturated heterocycles. The number of rotatable bonds is 22. The Labute approximate surface area is 406 Å². The van der Waals surface area contributed by atoms with Gasteiger partial charge in [-0.1, -0.05) is 105 Å². The van der Waals surface area contributed by atoms with Crippen LogP contribution in [0.3, 0.4) is 0 Å². The van der Waals surface area contributed by atoms with E-state index >= 15 is 0 Å². The van der Waals surface area contributed by atoms with Crippen LogP contribution in [0.4, 0.5) is 0 Å². The lowest BCUT2D eigenvalue weighted by Crippen LogP contribution is -2.58. The van der Waals surface area contributed by atoms with Gasteiger partial charge in [0.25, 0.3) is 5.91 Å². The zero-order chi connectivity index (χ0) is 48.4. The highest BCUT2D eigenvalue weighted by Crippen LogP contribution is 2.33. The first-order valence-corrected chi connectivity index (χ1v) is 24.1. The maximum Gasteiger partial charge on any atom is 0.269 e. The fraction of sp³-hybridized carbons (Fsp3) is 0.449. The molecule has 68 heavy (non-hydrogen) atoms. The van der Waals surface area contributed by atoms with Crippen LogP contribution in [0.1, 0.15) is 70.6 Å². The number of pyridine rings is 1. The zero-order valence-corrected chi connectivity index (χ0v) is 41.3. The maximum atomic E-state index is 14.4. The van der Waals surface area contributed by atoms with Gasteiger partial charge in [-0.15, -0.1) is 10.2 Å². The van der Waals surface area contributed by atoms with E-state index in [1.165, 1.54) is 11.8 Å². The fourth-order valence-electron chi connectivity index (χ4n) is 7.98. The van der Waals surface area contributed by atoms with E-state index in [4.69, 9.17) is 26.1 Å². The number of likely N-dealkylation sites (tertiary alicyclic amines) is 1. The second-order valence-electron chi connectivity index (χ2n) is 18.9. The smallest absolute Gasteiger partial charge is 0.269 e. The number of nitrogens with one attached hydrogen (secondary N) is 3. The number of likely N-dealkylation sites (N-methyl/N-ethyl adjacent to an activating group) is 1. The Morgan fingerprint density at radius 1 is 0.926 bits per heavy atom. The summed E-state index contributed by atoms with van der Waals surface area (Å²) >= 11 is 8.02. The molecule has 360 valence electrons. The number of halogens is 1. The summed E-state index contributed by atoms with van der Waals surface area (Å²) in [5.41, 5.74) is 1.59. The van der Waals surface area contributed by atoms with Gasteiger partial charge in [-0.2, -0.15) is 0 Å². The molecule has 7 rings (SSSR count). The Morgan fingerprint density at radius 3 is 2.44 bits per heavy atom. The van der Waals surface area contributed by atoms with Gasteiger partial charge in [0.1, 0.15) is 17.4 Å². The lowest BCUT2D eigenvalue weighted by atomic mass is 9.93. The number of ether oxygens (including phenoxy) is 2. The summed E-state index contributed by atoms with van der Waals surface area (Å²) in [6.07, 6.45) is 2.69. The number of hydrogen-bond donors (Lipinski definition) is 3. The van der Waals surface area contributed by atoms with Crippen molar-refractivity contribution in [1.82, 2.24) is 61.0 Å². The van der Waals surface area contributed by atoms with Gasteiger partial charge >= 0.3 is 0 Å². The molecule has 0 spiro atoms. The van der Waals surface area contributed by atoms with Crippen molar-refractivity contribution in [3.63, 3.8) is 0 Å². The molecule has 0 aliphatic carbocycles. The average Bonchev–Trinajstić information content (AvgIpc) is 4.10. The van der Waals surface area contributed by atoms with Crippen molar-refractivity contribution in [2.24, 2.45) is 10.8 Å². The lowest BCUT2D eigenvalue weighted by Gasteiger charge is -2.32. The van der Waals surface area contributed by atoms with Gasteiger partial charge in [0.2, 0.25) is 17.0 Å². The third kappa shape index (κ3) is 13.0. The van der Waals surface area contributed by atoms with Crippen molar-refractivity contribution in [3.05, 3.63) is 108 Å². The highest BCUT2D eigenvalue weighted by Gasteiger charge is 2.38. The van der Waals surface area contributed by atoms with Gasteiger partial charge in [-0.3, -0.25) is 19.1 Å². The van der Waals surface area contributed by atoms with Crippen molar-refractivity contribution in [3.8, 4) is 11.3 Å². The monoisotopic (exact) mass is 964 g/mol. The highest BCUT2D eigenvalue weighted by molar-refractivity contribution is 7.99. The molecule has 1 aliphatic rings. The number of benzene rings is 3. The Bertz CT molecular complexity index is 2660. The van der Waals surface area contributed by atoms with Gasteiger partial charge in [0.15, 0.2) is 0 Å². The average molecular weight is 966 g/mol. The molecule has 3 N–H and O–H groups in total. The van der Waals surface area contributed by atoms with Crippen LogP contribution in [-0.2, 0) is 38.8 Å². The number of nitrogens with zero attached hydrogens (tertiary/aromatic N) is 9. The van der Waals surface area contributed by atoms with Crippen LogP contribution in [-0.4, -0.2) is 120 Å². The van der Waals surface area contributed by atoms with E-state index in [0.717, 1.165) is 34.1 Å². The normalized spacial score (nSPS) is 15.6. The number of carbonyl (C=O) groups is 3. The first-order valence-electron chi connectivity index (χ1n) is 22.9. The van der Waals surface area contributed by atoms with Crippen LogP contribution in [0.15, 0.2) is 101 Å². The maximum absolute atomic E-state index is 14.4. The predicted molar refractivity (Wildman–Crippen MR) is 261 cm³/mol. The number of hydrogen-bond acceptors (Lipinski definition) is 13. The molecular weight excluding hydrogens is 904 g/mol. The summed E-state index contributed by atoms with van der Waals surface area (Å²) in [6.45, 7) is 14.5. The summed E-state index contributed by atoms with van der Waals surface area (Å²) in [5.74, 6) is -0.828. The van der Waals surface area contributed by atoms with Crippen LogP contribution in [0.5, 0.6) is 0 Å². The molecule has 6 aromatic rings. The number of amides is 3. The number of aromatic nitrogens is 8. The van der Waals surface area contributed by atoms with Crippen LogP contribution in [0.2, 0.25) is 5.02 Å². The van der Waals surface area contributed by atoms with Crippen LogP contribution in [0.25, 0.3) is 22.0 Å². The van der Waals surface area contributed by atoms with E-state index in [9.17, 15) is 14.4 Å². The van der Waals surface area contributed by atoms with E-state index in [-0.39, 0.29) is 41.2 Å². The van der Waals surface area contributed by atoms with Gasteiger partial charge in [0, 0.05) is 51.3 Å². The van der Waals surface area contributed by atoms with E-state index < -0.39 is 18.2 Å². The SMILES string of the molecule is CN[C@@H](C)C(=O)N[C@H](C(=O)N1CCC[C@H]1Cn1nnnc1Sc1ccccc1)C(C)OCc1cn(CC(C)(C)COCC(C)(C)CNC(=O)c2cc3ccccc3c(-c3ccccc3Cl)n2)nn1. The second-order valence-corrected chi connectivity index (χ2v) is 20.3. The number of tetrazole rings is 1. The Balaban J connectivity index is 0.907. The third-order valence-corrected chi connectivity index (χ3v) is 13.2. The minimum absolute atomic E-state index is 0.0728. The van der Waals surface area contributed by atoms with E-state index in [0.29, 0.717) is 66.7 Å². The summed E-state index contributed by atoms with van der Waals surface area (Å²) < 4.78 is 16.0. The van der Waals surface area contributed by atoms with Crippen molar-refractivity contribution in [2.75, 3.05) is 33.4 Å². The van der Waals surface area contributed by atoms with E-state index in [1.54, 1.807) is 36.3 Å². The topological polar surface area (TPSA) is 196 Å². The third-order valence-electron chi connectivity index (χ3n) is 11.8. The molecule has 4 heterocycles. The fourth-order valence-corrected chi connectivity index (χ4v) is 9.00. The Morgan fingerprint density at radius 2 is 1.66 bits per heavy atom. The quantitative estimate of drug-likeness (QED) is 0.0670. The van der Waals surface area contributed by atoms with Crippen molar-refractivity contribution in [1.29, 1.82) is 0 Å². The van der Waals surface area contributed by atoms with E-state index in [2.05, 4.69) is 55.6 Å². The van der Waals surface area contributed by atoms with Crippen molar-refractivity contribution < 1.29 is 23.9 Å². The summed E-state index contributed by atoms with van der Waals surface area (Å²) in [5, 5.41) is 33.1. The Kier molecular flexibility index (Phi) is 16.6. The standard InChI is InChI=1S/C49H61ClN12O5S/c1-32(51-7)44(63)54-42(46(65)61-23-15-17-36(61)26-62-47(56-57-59-62)68-37-18-9-8-10-19-37)33(2)67-27-35-25-60(58-55-35)29-49(5,6)31-66-30-48(3,4)28-52-45(64)41-24-34-16-11-12-20-38(34)43(53-41)39-21-13-14-22-40(39)50/h8-14,16,18-22,24-25,32-33,36,42,51H,15,17,23,26-31H2,1-7H3,(H,52,64)(H,54,63)/t32-,33?,36-,42-/m0/s1. The molecule has 17 nitrogen and oxygen atoms in total. The lowest BCUT2D eigenvalue weighted by molar-refractivity contribution is -0.142. The van der Waals surface area contributed by atoms with Crippen LogP contribution < -0.4 is 16.0 Å². The minimum atomic E-state index is -0.961. The van der Waals surface area contributed by atoms with Gasteiger partial charge in [-0.25, -0.2) is 9.67 Å². The molecule has 19 heteroatoms. The Hall–Kier alpha value is -5.79. The number of fused-ring (bicyclic) bond motifs is 1. The van der Waals surface area contributed by atoms with Crippen LogP contribution >= 0.6 is 23.4 Å². The second kappa shape index (κ2) is 22.5. The molecule has 0 saturated carbocycles. The van der Waals surface area contributed by atoms with Crippen molar-refractivity contribution >= 4 is 51.9 Å². The molecular formula is C49H61ClN12O5S. The molecule has 4 atom stereocenters. The molecule has 0 radical (unpaired) electrons. The minimum Gasteiger partial charge on any atom is -0.380 e. The van der Waals surface area contributed by atoms with Crippen molar-refractivity contribution in [2.45, 2.75) is 108 Å². The first kappa shape index (κ1) is 50.1. The first-order chi connectivity index (χ1) is 32.6. The van der Waals surface area contributed by atoms with Gasteiger partial charge < -0.3 is 30.3 Å². The molecule has 3 aromatic heterocycles. The zero-order valence-electron chi connectivity index (χ0n) is 39.7. The number of carbonyl (C=O) groups excluding carboxylic acids is 3.